The molecular formula is C14H13ClN4O3S. The first-order valence-electron chi connectivity index (χ1n) is 7.07. The van der Waals surface area contributed by atoms with Crippen LogP contribution in [0.3, 0.4) is 0 Å². The molecule has 23 heavy (non-hydrogen) atoms. The summed E-state index contributed by atoms with van der Waals surface area (Å²) >= 11 is 6.27. The normalized spacial score (nSPS) is 17.1. The van der Waals surface area contributed by atoms with Gasteiger partial charge in [0.2, 0.25) is 10.0 Å². The maximum atomic E-state index is 12.8. The van der Waals surface area contributed by atoms with E-state index in [0.29, 0.717) is 48.2 Å². The lowest BCUT2D eigenvalue weighted by atomic mass is 10.2. The molecule has 1 aromatic carbocycles. The average Bonchev–Trinajstić information content (AvgIpc) is 2.89. The van der Waals surface area contributed by atoms with E-state index in [1.54, 1.807) is 24.4 Å². The Morgan fingerprint density at radius 1 is 1.17 bits per heavy atom. The molecule has 0 saturated carbocycles. The third-order valence-corrected chi connectivity index (χ3v) is 6.21. The van der Waals surface area contributed by atoms with Crippen LogP contribution < -0.4 is 0 Å². The summed E-state index contributed by atoms with van der Waals surface area (Å²) in [6.45, 7) is 1.55. The van der Waals surface area contributed by atoms with Gasteiger partial charge in [-0.15, -0.1) is 0 Å². The first-order valence-corrected chi connectivity index (χ1v) is 8.85. The van der Waals surface area contributed by atoms with Crippen LogP contribution in [-0.2, 0) is 14.8 Å². The van der Waals surface area contributed by atoms with Gasteiger partial charge in [-0.25, -0.2) is 22.5 Å². The first-order chi connectivity index (χ1) is 11.1. The highest BCUT2D eigenvalue weighted by Crippen LogP contribution is 2.30. The summed E-state index contributed by atoms with van der Waals surface area (Å²) < 4.78 is 33.6. The molecule has 1 aliphatic rings. The van der Waals surface area contributed by atoms with Crippen molar-refractivity contribution in [1.82, 2.24) is 18.4 Å². The zero-order valence-corrected chi connectivity index (χ0v) is 13.6. The molecule has 0 unspecified atom stereocenters. The Bertz CT molecular complexity index is 996. The molecule has 0 bridgehead atoms. The summed E-state index contributed by atoms with van der Waals surface area (Å²) in [5, 5.41) is 0.687. The SMILES string of the molecule is O=S(=O)(c1ccc2c(c1)c1ncncc1n2Cl)N1CCOCC1. The predicted octanol–water partition coefficient (Wildman–Crippen LogP) is 1.61. The molecule has 9 heteroatoms. The lowest BCUT2D eigenvalue weighted by Crippen LogP contribution is -2.40. The summed E-state index contributed by atoms with van der Waals surface area (Å²) in [6, 6.07) is 4.88. The van der Waals surface area contributed by atoms with Crippen molar-refractivity contribution in [3.05, 3.63) is 30.7 Å². The largest absolute Gasteiger partial charge is 0.379 e. The molecule has 0 N–H and O–H groups in total. The monoisotopic (exact) mass is 352 g/mol. The molecule has 0 radical (unpaired) electrons. The Morgan fingerprint density at radius 3 is 2.74 bits per heavy atom. The molecule has 7 nitrogen and oxygen atoms in total. The highest BCUT2D eigenvalue weighted by atomic mass is 35.5. The van der Waals surface area contributed by atoms with Crippen LogP contribution >= 0.6 is 11.8 Å². The molecule has 3 heterocycles. The number of sulfonamides is 1. The van der Waals surface area contributed by atoms with Gasteiger partial charge in [-0.1, -0.05) is 0 Å². The standard InChI is InChI=1S/C14H13ClN4O3S/c15-19-12-2-1-10(23(20,21)18-3-5-22-6-4-18)7-11(12)14-13(19)8-16-9-17-14/h1-2,7-9H,3-6H2. The fourth-order valence-corrected chi connectivity index (χ4v) is 4.48. The summed E-state index contributed by atoms with van der Waals surface area (Å²) in [5.74, 6) is 0. The molecule has 1 fully saturated rings. The lowest BCUT2D eigenvalue weighted by molar-refractivity contribution is 0.0730. The van der Waals surface area contributed by atoms with Crippen LogP contribution in [0, 0.1) is 0 Å². The van der Waals surface area contributed by atoms with Crippen LogP contribution in [0.15, 0.2) is 35.6 Å². The molecule has 1 aliphatic heterocycles. The maximum absolute atomic E-state index is 12.8. The number of benzene rings is 1. The number of ether oxygens (including phenoxy) is 1. The molecule has 120 valence electrons. The molecule has 0 spiro atoms. The number of rotatable bonds is 2. The lowest BCUT2D eigenvalue weighted by Gasteiger charge is -2.26. The van der Waals surface area contributed by atoms with Gasteiger partial charge in [0, 0.05) is 30.3 Å². The van der Waals surface area contributed by atoms with Crippen molar-refractivity contribution >= 4 is 43.7 Å². The van der Waals surface area contributed by atoms with Crippen molar-refractivity contribution in [1.29, 1.82) is 0 Å². The number of morpholine rings is 1. The van der Waals surface area contributed by atoms with Gasteiger partial charge in [0.05, 0.1) is 29.8 Å². The smallest absolute Gasteiger partial charge is 0.243 e. The van der Waals surface area contributed by atoms with Crippen LogP contribution in [0.25, 0.3) is 21.9 Å². The van der Waals surface area contributed by atoms with Crippen molar-refractivity contribution in [3.63, 3.8) is 0 Å². The molecule has 2 aromatic heterocycles. The molecule has 3 aromatic rings. The number of fused-ring (bicyclic) bond motifs is 3. The van der Waals surface area contributed by atoms with Gasteiger partial charge in [0.25, 0.3) is 0 Å². The topological polar surface area (TPSA) is 77.3 Å². The van der Waals surface area contributed by atoms with Gasteiger partial charge in [0.15, 0.2) is 0 Å². The molecule has 0 amide bonds. The zero-order valence-electron chi connectivity index (χ0n) is 12.0. The van der Waals surface area contributed by atoms with Crippen molar-refractivity contribution < 1.29 is 13.2 Å². The van der Waals surface area contributed by atoms with Gasteiger partial charge in [0.1, 0.15) is 17.4 Å². The van der Waals surface area contributed by atoms with E-state index in [1.165, 1.54) is 14.7 Å². The zero-order chi connectivity index (χ0) is 16.0. The summed E-state index contributed by atoms with van der Waals surface area (Å²) in [7, 11) is -3.56. The second-order valence-electron chi connectivity index (χ2n) is 5.23. The first kappa shape index (κ1) is 14.8. The summed E-state index contributed by atoms with van der Waals surface area (Å²) in [4.78, 5) is 8.41. The van der Waals surface area contributed by atoms with Gasteiger partial charge in [-0.2, -0.15) is 4.31 Å². The molecule has 0 atom stereocenters. The van der Waals surface area contributed by atoms with Crippen molar-refractivity contribution in [2.24, 2.45) is 0 Å². The second-order valence-corrected chi connectivity index (χ2v) is 7.51. The van der Waals surface area contributed by atoms with E-state index in [1.807, 2.05) is 0 Å². The second kappa shape index (κ2) is 5.41. The Hall–Kier alpha value is -1.74. The third kappa shape index (κ3) is 2.29. The van der Waals surface area contributed by atoms with E-state index in [-0.39, 0.29) is 4.90 Å². The number of hydrogen-bond donors (Lipinski definition) is 0. The fourth-order valence-electron chi connectivity index (χ4n) is 2.78. The minimum absolute atomic E-state index is 0.231. The minimum atomic E-state index is -3.56. The highest BCUT2D eigenvalue weighted by Gasteiger charge is 2.27. The van der Waals surface area contributed by atoms with E-state index < -0.39 is 10.0 Å². The third-order valence-electron chi connectivity index (χ3n) is 3.95. The molecular weight excluding hydrogens is 340 g/mol. The molecule has 0 aliphatic carbocycles. The summed E-state index contributed by atoms with van der Waals surface area (Å²) in [6.07, 6.45) is 3.02. The highest BCUT2D eigenvalue weighted by molar-refractivity contribution is 7.89. The average molecular weight is 353 g/mol. The number of aromatic nitrogens is 3. The van der Waals surface area contributed by atoms with E-state index >= 15 is 0 Å². The fraction of sp³-hybridized carbons (Fsp3) is 0.286. The molecule has 1 saturated heterocycles. The van der Waals surface area contributed by atoms with Crippen LogP contribution in [-0.4, -0.2) is 53.1 Å². The quantitative estimate of drug-likeness (QED) is 0.700. The minimum Gasteiger partial charge on any atom is -0.379 e. The van der Waals surface area contributed by atoms with Crippen molar-refractivity contribution in [3.8, 4) is 0 Å². The number of halogens is 1. The Labute approximate surface area is 137 Å². The van der Waals surface area contributed by atoms with Crippen molar-refractivity contribution in [2.45, 2.75) is 4.90 Å². The Balaban J connectivity index is 1.90. The number of hydrogen-bond acceptors (Lipinski definition) is 5. The van der Waals surface area contributed by atoms with Crippen molar-refractivity contribution in [2.75, 3.05) is 26.3 Å². The van der Waals surface area contributed by atoms with Gasteiger partial charge < -0.3 is 4.74 Å². The van der Waals surface area contributed by atoms with Gasteiger partial charge >= 0.3 is 0 Å². The van der Waals surface area contributed by atoms with Crippen LogP contribution in [0.1, 0.15) is 0 Å². The van der Waals surface area contributed by atoms with Crippen LogP contribution in [0.4, 0.5) is 0 Å². The molecule has 4 rings (SSSR count). The summed E-state index contributed by atoms with van der Waals surface area (Å²) in [5.41, 5.74) is 1.97. The van der Waals surface area contributed by atoms with E-state index in [2.05, 4.69) is 9.97 Å². The van der Waals surface area contributed by atoms with E-state index in [9.17, 15) is 8.42 Å². The van der Waals surface area contributed by atoms with Gasteiger partial charge in [-0.05, 0) is 18.2 Å². The van der Waals surface area contributed by atoms with E-state index in [4.69, 9.17) is 16.5 Å². The Kier molecular flexibility index (Phi) is 3.49. The van der Waals surface area contributed by atoms with Crippen LogP contribution in [0.5, 0.6) is 0 Å². The maximum Gasteiger partial charge on any atom is 0.243 e. The number of nitrogens with zero attached hydrogens (tertiary/aromatic N) is 4. The van der Waals surface area contributed by atoms with Gasteiger partial charge in [-0.3, -0.25) is 0 Å². The predicted molar refractivity (Wildman–Crippen MR) is 85.9 cm³/mol. The Morgan fingerprint density at radius 2 is 1.96 bits per heavy atom. The van der Waals surface area contributed by atoms with E-state index in [0.717, 1.165) is 0 Å². The van der Waals surface area contributed by atoms with Crippen LogP contribution in [0.2, 0.25) is 0 Å².